The van der Waals surface area contributed by atoms with E-state index < -0.39 is 10.0 Å². The van der Waals surface area contributed by atoms with Crippen molar-refractivity contribution in [3.63, 3.8) is 0 Å². The van der Waals surface area contributed by atoms with Crippen molar-refractivity contribution in [2.45, 2.75) is 13.0 Å². The van der Waals surface area contributed by atoms with Gasteiger partial charge in [0.05, 0.1) is 11.9 Å². The van der Waals surface area contributed by atoms with Crippen molar-refractivity contribution in [1.82, 2.24) is 9.88 Å². The zero-order valence-corrected chi connectivity index (χ0v) is 14.5. The number of hydrogen-bond acceptors (Lipinski definition) is 4. The Labute approximate surface area is 141 Å². The van der Waals surface area contributed by atoms with Crippen LogP contribution in [0.25, 0.3) is 0 Å². The molecule has 0 unspecified atom stereocenters. The SMILES string of the molecule is CN(Cc1cccnc1)C(=O)c1ccc2c(c1)CCN2S(C)(=O)=O. The van der Waals surface area contributed by atoms with E-state index in [1.165, 1.54) is 10.6 Å². The minimum atomic E-state index is -3.28. The van der Waals surface area contributed by atoms with Gasteiger partial charge in [-0.2, -0.15) is 0 Å². The molecule has 1 aromatic heterocycles. The molecule has 0 fully saturated rings. The predicted molar refractivity (Wildman–Crippen MR) is 92.4 cm³/mol. The van der Waals surface area contributed by atoms with E-state index in [0.29, 0.717) is 30.8 Å². The van der Waals surface area contributed by atoms with Gasteiger partial charge in [0.1, 0.15) is 0 Å². The molecule has 0 saturated heterocycles. The van der Waals surface area contributed by atoms with Gasteiger partial charge in [-0.15, -0.1) is 0 Å². The molecular formula is C17H19N3O3S. The Hall–Kier alpha value is -2.41. The van der Waals surface area contributed by atoms with Gasteiger partial charge in [-0.3, -0.25) is 14.1 Å². The summed E-state index contributed by atoms with van der Waals surface area (Å²) in [5.74, 6) is -0.0977. The first-order valence-corrected chi connectivity index (χ1v) is 9.46. The number of pyridine rings is 1. The summed E-state index contributed by atoms with van der Waals surface area (Å²) in [7, 11) is -1.53. The van der Waals surface area contributed by atoms with Crippen molar-refractivity contribution in [2.75, 3.05) is 24.2 Å². The maximum atomic E-state index is 12.6. The Kier molecular flexibility index (Phi) is 4.28. The van der Waals surface area contributed by atoms with Crippen LogP contribution >= 0.6 is 0 Å². The third kappa shape index (κ3) is 3.26. The smallest absolute Gasteiger partial charge is 0.253 e. The molecule has 1 amide bonds. The number of fused-ring (bicyclic) bond motifs is 1. The molecule has 0 N–H and O–H groups in total. The van der Waals surface area contributed by atoms with Gasteiger partial charge in [0.25, 0.3) is 5.91 Å². The molecule has 0 atom stereocenters. The van der Waals surface area contributed by atoms with E-state index in [9.17, 15) is 13.2 Å². The van der Waals surface area contributed by atoms with Gasteiger partial charge in [-0.05, 0) is 41.8 Å². The zero-order chi connectivity index (χ0) is 17.3. The Balaban J connectivity index is 1.80. The Bertz CT molecular complexity index is 866. The number of amides is 1. The number of carbonyl (C=O) groups is 1. The van der Waals surface area contributed by atoms with Crippen molar-refractivity contribution < 1.29 is 13.2 Å². The van der Waals surface area contributed by atoms with Crippen LogP contribution in [0.2, 0.25) is 0 Å². The molecule has 0 aliphatic carbocycles. The van der Waals surface area contributed by atoms with Crippen LogP contribution in [0, 0.1) is 0 Å². The number of nitrogens with zero attached hydrogens (tertiary/aromatic N) is 3. The summed E-state index contributed by atoms with van der Waals surface area (Å²) in [5.41, 5.74) is 3.08. The fraction of sp³-hybridized carbons (Fsp3) is 0.294. The largest absolute Gasteiger partial charge is 0.337 e. The average Bonchev–Trinajstić information content (AvgIpc) is 2.98. The lowest BCUT2D eigenvalue weighted by molar-refractivity contribution is 0.0785. The van der Waals surface area contributed by atoms with Crippen molar-refractivity contribution in [1.29, 1.82) is 0 Å². The van der Waals surface area contributed by atoms with E-state index >= 15 is 0 Å². The lowest BCUT2D eigenvalue weighted by Crippen LogP contribution is -2.28. The highest BCUT2D eigenvalue weighted by atomic mass is 32.2. The Morgan fingerprint density at radius 3 is 2.79 bits per heavy atom. The standard InChI is InChI=1S/C17H19N3O3S/c1-19(12-13-4-3-8-18-11-13)17(21)15-5-6-16-14(10-15)7-9-20(16)24(2,22)23/h3-6,8,10-11H,7,9,12H2,1-2H3. The number of aromatic nitrogens is 1. The fourth-order valence-electron chi connectivity index (χ4n) is 2.91. The number of carbonyl (C=O) groups excluding carboxylic acids is 1. The Morgan fingerprint density at radius 1 is 1.33 bits per heavy atom. The second kappa shape index (κ2) is 6.24. The summed E-state index contributed by atoms with van der Waals surface area (Å²) in [6.45, 7) is 0.899. The molecule has 1 aliphatic rings. The quantitative estimate of drug-likeness (QED) is 0.845. The van der Waals surface area contributed by atoms with Crippen LogP contribution in [-0.4, -0.2) is 44.1 Å². The molecule has 1 aromatic carbocycles. The molecule has 24 heavy (non-hydrogen) atoms. The minimum Gasteiger partial charge on any atom is -0.337 e. The highest BCUT2D eigenvalue weighted by Crippen LogP contribution is 2.31. The second-order valence-electron chi connectivity index (χ2n) is 5.95. The summed E-state index contributed by atoms with van der Waals surface area (Å²) < 4.78 is 24.9. The topological polar surface area (TPSA) is 70.6 Å². The van der Waals surface area contributed by atoms with Crippen molar-refractivity contribution in [3.8, 4) is 0 Å². The van der Waals surface area contributed by atoms with Crippen LogP contribution in [-0.2, 0) is 23.0 Å². The maximum Gasteiger partial charge on any atom is 0.253 e. The molecular weight excluding hydrogens is 326 g/mol. The summed E-state index contributed by atoms with van der Waals surface area (Å²) in [4.78, 5) is 18.3. The van der Waals surface area contributed by atoms with Gasteiger partial charge in [0.2, 0.25) is 10.0 Å². The summed E-state index contributed by atoms with van der Waals surface area (Å²) in [6.07, 6.45) is 5.24. The highest BCUT2D eigenvalue weighted by Gasteiger charge is 2.27. The van der Waals surface area contributed by atoms with Crippen LogP contribution in [0.3, 0.4) is 0 Å². The number of sulfonamides is 1. The molecule has 0 radical (unpaired) electrons. The molecule has 1 aliphatic heterocycles. The van der Waals surface area contributed by atoms with Crippen LogP contribution < -0.4 is 4.31 Å². The first kappa shape index (κ1) is 16.4. The van der Waals surface area contributed by atoms with Crippen LogP contribution in [0.4, 0.5) is 5.69 Å². The highest BCUT2D eigenvalue weighted by molar-refractivity contribution is 7.92. The van der Waals surface area contributed by atoms with E-state index in [1.807, 2.05) is 12.1 Å². The Morgan fingerprint density at radius 2 is 2.12 bits per heavy atom. The fourth-order valence-corrected chi connectivity index (χ4v) is 3.87. The van der Waals surface area contributed by atoms with Gasteiger partial charge in [0, 0.05) is 38.1 Å². The normalized spacial score (nSPS) is 13.7. The second-order valence-corrected chi connectivity index (χ2v) is 7.86. The first-order valence-electron chi connectivity index (χ1n) is 7.61. The lowest BCUT2D eigenvalue weighted by Gasteiger charge is -2.19. The third-order valence-corrected chi connectivity index (χ3v) is 5.25. The molecule has 3 rings (SSSR count). The molecule has 0 spiro atoms. The molecule has 0 bridgehead atoms. The maximum absolute atomic E-state index is 12.6. The van der Waals surface area contributed by atoms with Gasteiger partial charge >= 0.3 is 0 Å². The van der Waals surface area contributed by atoms with E-state index in [2.05, 4.69) is 4.98 Å². The molecule has 2 aromatic rings. The molecule has 2 heterocycles. The molecule has 126 valence electrons. The predicted octanol–water partition coefficient (Wildman–Crippen LogP) is 1.68. The van der Waals surface area contributed by atoms with E-state index in [0.717, 1.165) is 11.1 Å². The van der Waals surface area contributed by atoms with E-state index in [-0.39, 0.29) is 5.91 Å². The summed E-state index contributed by atoms with van der Waals surface area (Å²) in [6, 6.07) is 8.95. The zero-order valence-electron chi connectivity index (χ0n) is 13.6. The molecule has 0 saturated carbocycles. The monoisotopic (exact) mass is 345 g/mol. The van der Waals surface area contributed by atoms with E-state index in [1.54, 1.807) is 42.5 Å². The van der Waals surface area contributed by atoms with Crippen molar-refractivity contribution in [2.24, 2.45) is 0 Å². The lowest BCUT2D eigenvalue weighted by atomic mass is 10.1. The number of benzene rings is 1. The van der Waals surface area contributed by atoms with Crippen LogP contribution in [0.15, 0.2) is 42.7 Å². The minimum absolute atomic E-state index is 0.0977. The summed E-state index contributed by atoms with van der Waals surface area (Å²) in [5, 5.41) is 0. The van der Waals surface area contributed by atoms with Crippen molar-refractivity contribution >= 4 is 21.6 Å². The summed E-state index contributed by atoms with van der Waals surface area (Å²) >= 11 is 0. The van der Waals surface area contributed by atoms with Crippen LogP contribution in [0.5, 0.6) is 0 Å². The molecule has 6 nitrogen and oxygen atoms in total. The molecule has 7 heteroatoms. The van der Waals surface area contributed by atoms with Crippen molar-refractivity contribution in [3.05, 3.63) is 59.4 Å². The van der Waals surface area contributed by atoms with Gasteiger partial charge in [-0.1, -0.05) is 6.07 Å². The number of hydrogen-bond donors (Lipinski definition) is 0. The number of anilines is 1. The van der Waals surface area contributed by atoms with Gasteiger partial charge in [-0.25, -0.2) is 8.42 Å². The van der Waals surface area contributed by atoms with Gasteiger partial charge < -0.3 is 4.90 Å². The first-order chi connectivity index (χ1) is 11.4. The third-order valence-electron chi connectivity index (χ3n) is 4.07. The van der Waals surface area contributed by atoms with E-state index in [4.69, 9.17) is 0 Å². The average molecular weight is 345 g/mol. The number of rotatable bonds is 4. The van der Waals surface area contributed by atoms with Crippen LogP contribution in [0.1, 0.15) is 21.5 Å². The van der Waals surface area contributed by atoms with Gasteiger partial charge in [0.15, 0.2) is 0 Å².